The van der Waals surface area contributed by atoms with Gasteiger partial charge in [0.15, 0.2) is 4.80 Å². The van der Waals surface area contributed by atoms with Gasteiger partial charge in [0, 0.05) is 36.5 Å². The Kier molecular flexibility index (Phi) is 8.07. The van der Waals surface area contributed by atoms with E-state index in [9.17, 15) is 19.7 Å². The van der Waals surface area contributed by atoms with Crippen LogP contribution in [0.25, 0.3) is 6.08 Å². The van der Waals surface area contributed by atoms with Gasteiger partial charge in [0.05, 0.1) is 40.5 Å². The highest BCUT2D eigenvalue weighted by atomic mass is 32.1. The van der Waals surface area contributed by atoms with Crippen molar-refractivity contribution in [1.29, 1.82) is 0 Å². The van der Waals surface area contributed by atoms with Crippen LogP contribution in [0.3, 0.4) is 0 Å². The minimum atomic E-state index is -0.782. The van der Waals surface area contributed by atoms with Crippen molar-refractivity contribution >= 4 is 34.8 Å². The first kappa shape index (κ1) is 28.3. The normalized spacial score (nSPS) is 17.7. The first-order valence-corrected chi connectivity index (χ1v) is 14.4. The first-order chi connectivity index (χ1) is 19.7. The SMILES string of the molecule is CCOC(=O)C1=C(C)N=c2s/c(=C/c3cc([N+](=O)[O-])ccc3N3CCC(C)CC3)c(=O)n2[C@@H]1c1cccc(OC)c1. The number of carbonyl (C=O) groups is 1. The predicted molar refractivity (Wildman–Crippen MR) is 157 cm³/mol. The summed E-state index contributed by atoms with van der Waals surface area (Å²) in [6.45, 7) is 7.52. The van der Waals surface area contributed by atoms with Crippen LogP contribution in [0.1, 0.15) is 50.8 Å². The summed E-state index contributed by atoms with van der Waals surface area (Å²) < 4.78 is 12.7. The number of rotatable bonds is 7. The van der Waals surface area contributed by atoms with Crippen molar-refractivity contribution in [2.75, 3.05) is 31.7 Å². The number of benzene rings is 2. The lowest BCUT2D eigenvalue weighted by Crippen LogP contribution is -2.40. The van der Waals surface area contributed by atoms with Crippen LogP contribution in [0.2, 0.25) is 0 Å². The van der Waals surface area contributed by atoms with E-state index in [1.807, 2.05) is 6.07 Å². The third kappa shape index (κ3) is 5.54. The van der Waals surface area contributed by atoms with E-state index in [-0.39, 0.29) is 23.4 Å². The highest BCUT2D eigenvalue weighted by Crippen LogP contribution is 2.33. The number of piperidine rings is 1. The van der Waals surface area contributed by atoms with Crippen molar-refractivity contribution in [3.63, 3.8) is 0 Å². The van der Waals surface area contributed by atoms with E-state index in [1.54, 1.807) is 51.3 Å². The Hall–Kier alpha value is -4.25. The van der Waals surface area contributed by atoms with Gasteiger partial charge in [-0.2, -0.15) is 0 Å². The lowest BCUT2D eigenvalue weighted by atomic mass is 9.95. The number of fused-ring (bicyclic) bond motifs is 1. The molecule has 2 aliphatic heterocycles. The van der Waals surface area contributed by atoms with E-state index in [1.165, 1.54) is 28.0 Å². The number of aromatic nitrogens is 1. The van der Waals surface area contributed by atoms with Crippen LogP contribution in [-0.2, 0) is 9.53 Å². The lowest BCUT2D eigenvalue weighted by molar-refractivity contribution is -0.384. The topological polar surface area (TPSA) is 116 Å². The van der Waals surface area contributed by atoms with Crippen molar-refractivity contribution < 1.29 is 19.2 Å². The minimum absolute atomic E-state index is 0.0483. The van der Waals surface area contributed by atoms with Crippen LogP contribution in [0.15, 0.2) is 63.5 Å². The molecule has 0 aliphatic carbocycles. The van der Waals surface area contributed by atoms with Gasteiger partial charge in [-0.3, -0.25) is 19.5 Å². The summed E-state index contributed by atoms with van der Waals surface area (Å²) in [6, 6.07) is 11.2. The summed E-state index contributed by atoms with van der Waals surface area (Å²) in [5, 5.41) is 11.6. The quantitative estimate of drug-likeness (QED) is 0.238. The maximum absolute atomic E-state index is 14.1. The molecule has 1 fully saturated rings. The van der Waals surface area contributed by atoms with Gasteiger partial charge in [-0.25, -0.2) is 9.79 Å². The number of non-ortho nitro benzene ring substituents is 1. The van der Waals surface area contributed by atoms with E-state index in [2.05, 4.69) is 16.8 Å². The number of esters is 1. The molecule has 41 heavy (non-hydrogen) atoms. The molecule has 2 aromatic carbocycles. The van der Waals surface area contributed by atoms with E-state index < -0.39 is 16.9 Å². The van der Waals surface area contributed by atoms with Gasteiger partial charge in [0.1, 0.15) is 5.75 Å². The standard InChI is InChI=1S/C30H32N4O6S/c1-5-40-29(36)26-19(3)31-30-33(27(26)20-7-6-8-23(16-20)39-4)28(35)25(41-30)17-21-15-22(34(37)38)9-10-24(21)32-13-11-18(2)12-14-32/h6-10,15-18,27H,5,11-14H2,1-4H3/b25-17+/t27-/m1/s1. The van der Waals surface area contributed by atoms with E-state index in [4.69, 9.17) is 9.47 Å². The van der Waals surface area contributed by atoms with Crippen LogP contribution in [0.5, 0.6) is 5.75 Å². The molecule has 0 spiro atoms. The predicted octanol–water partition coefficient (Wildman–Crippen LogP) is 3.95. The molecule has 2 aliphatic rings. The minimum Gasteiger partial charge on any atom is -0.497 e. The molecular weight excluding hydrogens is 544 g/mol. The monoisotopic (exact) mass is 576 g/mol. The van der Waals surface area contributed by atoms with Crippen LogP contribution in [-0.4, -0.2) is 42.3 Å². The molecule has 214 valence electrons. The van der Waals surface area contributed by atoms with Crippen molar-refractivity contribution in [1.82, 2.24) is 4.57 Å². The molecule has 0 saturated carbocycles. The summed E-state index contributed by atoms with van der Waals surface area (Å²) in [5.41, 5.74) is 2.46. The van der Waals surface area contributed by atoms with Crippen molar-refractivity contribution in [3.05, 3.63) is 94.7 Å². The molecule has 5 rings (SSSR count). The number of methoxy groups -OCH3 is 1. The zero-order chi connectivity index (χ0) is 29.3. The second kappa shape index (κ2) is 11.7. The van der Waals surface area contributed by atoms with Crippen LogP contribution in [0.4, 0.5) is 11.4 Å². The second-order valence-electron chi connectivity index (χ2n) is 10.2. The van der Waals surface area contributed by atoms with Crippen LogP contribution in [0, 0.1) is 16.0 Å². The van der Waals surface area contributed by atoms with Gasteiger partial charge in [0.2, 0.25) is 0 Å². The van der Waals surface area contributed by atoms with E-state index in [0.717, 1.165) is 31.6 Å². The molecule has 11 heteroatoms. The van der Waals surface area contributed by atoms with Gasteiger partial charge in [-0.05, 0) is 62.4 Å². The zero-order valence-corrected chi connectivity index (χ0v) is 24.3. The molecule has 1 saturated heterocycles. The number of ether oxygens (including phenoxy) is 2. The average Bonchev–Trinajstić information content (AvgIpc) is 3.26. The van der Waals surface area contributed by atoms with Crippen molar-refractivity contribution in [2.24, 2.45) is 10.9 Å². The average molecular weight is 577 g/mol. The van der Waals surface area contributed by atoms with Crippen molar-refractivity contribution in [2.45, 2.75) is 39.7 Å². The summed E-state index contributed by atoms with van der Waals surface area (Å²) in [5.74, 6) is 0.653. The van der Waals surface area contributed by atoms with Gasteiger partial charge in [-0.15, -0.1) is 0 Å². The summed E-state index contributed by atoms with van der Waals surface area (Å²) >= 11 is 1.19. The molecular formula is C30H32N4O6S. The number of nitro groups is 1. The molecule has 1 atom stereocenters. The fourth-order valence-corrected chi connectivity index (χ4v) is 6.41. The Morgan fingerprint density at radius 1 is 1.22 bits per heavy atom. The smallest absolute Gasteiger partial charge is 0.338 e. The molecule has 0 bridgehead atoms. The fourth-order valence-electron chi connectivity index (χ4n) is 5.37. The van der Waals surface area contributed by atoms with Gasteiger partial charge in [0.25, 0.3) is 11.2 Å². The lowest BCUT2D eigenvalue weighted by Gasteiger charge is -2.33. The summed E-state index contributed by atoms with van der Waals surface area (Å²) in [6.07, 6.45) is 3.75. The molecule has 0 radical (unpaired) electrons. The Balaban J connectivity index is 1.71. The number of hydrogen-bond donors (Lipinski definition) is 0. The van der Waals surface area contributed by atoms with Crippen LogP contribution >= 0.6 is 11.3 Å². The fraction of sp³-hybridized carbons (Fsp3) is 0.367. The summed E-state index contributed by atoms with van der Waals surface area (Å²) in [4.78, 5) is 45.7. The number of hydrogen-bond acceptors (Lipinski definition) is 9. The van der Waals surface area contributed by atoms with Gasteiger partial charge >= 0.3 is 5.97 Å². The third-order valence-electron chi connectivity index (χ3n) is 7.56. The third-order valence-corrected chi connectivity index (χ3v) is 8.54. The van der Waals surface area contributed by atoms with E-state index >= 15 is 0 Å². The van der Waals surface area contributed by atoms with Crippen molar-refractivity contribution in [3.8, 4) is 5.75 Å². The molecule has 3 aromatic rings. The highest BCUT2D eigenvalue weighted by molar-refractivity contribution is 7.07. The second-order valence-corrected chi connectivity index (χ2v) is 11.3. The summed E-state index contributed by atoms with van der Waals surface area (Å²) in [7, 11) is 1.55. The number of anilines is 1. The van der Waals surface area contributed by atoms with Crippen LogP contribution < -0.4 is 24.5 Å². The Bertz CT molecular complexity index is 1710. The Morgan fingerprint density at radius 3 is 2.66 bits per heavy atom. The number of carbonyl (C=O) groups excluding carboxylic acids is 1. The molecule has 3 heterocycles. The maximum atomic E-state index is 14.1. The first-order valence-electron chi connectivity index (χ1n) is 13.6. The maximum Gasteiger partial charge on any atom is 0.338 e. The van der Waals surface area contributed by atoms with Gasteiger partial charge < -0.3 is 14.4 Å². The Morgan fingerprint density at radius 2 is 1.98 bits per heavy atom. The molecule has 0 unspecified atom stereocenters. The number of nitrogens with zero attached hydrogens (tertiary/aromatic N) is 4. The molecule has 0 amide bonds. The zero-order valence-electron chi connectivity index (χ0n) is 23.5. The molecule has 10 nitrogen and oxygen atoms in total. The Labute approximate surface area is 241 Å². The highest BCUT2D eigenvalue weighted by Gasteiger charge is 2.33. The molecule has 1 aromatic heterocycles. The van der Waals surface area contributed by atoms with Gasteiger partial charge in [-0.1, -0.05) is 30.4 Å². The molecule has 0 N–H and O–H groups in total. The number of allylic oxidation sites excluding steroid dienone is 1. The number of thiazole rings is 1. The number of nitro benzene ring substituents is 1. The van der Waals surface area contributed by atoms with E-state index in [0.29, 0.717) is 37.8 Å². The largest absolute Gasteiger partial charge is 0.497 e.